The summed E-state index contributed by atoms with van der Waals surface area (Å²) in [4.78, 5) is 22.3. The van der Waals surface area contributed by atoms with Gasteiger partial charge < -0.3 is 10.6 Å². The number of nitrogens with zero attached hydrogens (tertiary/aromatic N) is 5. The summed E-state index contributed by atoms with van der Waals surface area (Å²) in [6.45, 7) is 0.109. The van der Waals surface area contributed by atoms with Gasteiger partial charge in [0.2, 0.25) is 0 Å². The summed E-state index contributed by atoms with van der Waals surface area (Å²) in [5.74, 6) is -1.46. The highest BCUT2D eigenvalue weighted by atomic mass is 19.1. The van der Waals surface area contributed by atoms with Gasteiger partial charge in [-0.15, -0.1) is 0 Å². The van der Waals surface area contributed by atoms with E-state index >= 15 is 0 Å². The SMILES string of the molecule is CN(Cc1ccc(F)cn1)C(=O)c1cc2c(cc1F)nc(N)c1cnn(C)c12. The van der Waals surface area contributed by atoms with E-state index in [2.05, 4.69) is 15.1 Å². The average Bonchev–Trinajstić information content (AvgIpc) is 3.05. The summed E-state index contributed by atoms with van der Waals surface area (Å²) in [5.41, 5.74) is 7.32. The molecular formula is C19H16F2N6O. The summed E-state index contributed by atoms with van der Waals surface area (Å²) in [6.07, 6.45) is 2.65. The summed E-state index contributed by atoms with van der Waals surface area (Å²) >= 11 is 0. The van der Waals surface area contributed by atoms with Crippen molar-refractivity contribution in [3.63, 3.8) is 0 Å². The highest BCUT2D eigenvalue weighted by Crippen LogP contribution is 2.29. The van der Waals surface area contributed by atoms with Crippen LogP contribution in [0.4, 0.5) is 14.6 Å². The molecule has 7 nitrogen and oxygen atoms in total. The van der Waals surface area contributed by atoms with Crippen molar-refractivity contribution in [3.8, 4) is 0 Å². The Morgan fingerprint density at radius 3 is 2.71 bits per heavy atom. The van der Waals surface area contributed by atoms with Crippen LogP contribution in [-0.2, 0) is 13.6 Å². The van der Waals surface area contributed by atoms with Crippen molar-refractivity contribution in [2.75, 3.05) is 12.8 Å². The van der Waals surface area contributed by atoms with Crippen molar-refractivity contribution in [2.45, 2.75) is 6.54 Å². The molecule has 1 amide bonds. The number of aryl methyl sites for hydroxylation is 1. The fraction of sp³-hybridized carbons (Fsp3) is 0.158. The molecule has 0 aliphatic carbocycles. The molecule has 0 fully saturated rings. The maximum atomic E-state index is 14.7. The number of fused-ring (bicyclic) bond motifs is 3. The van der Waals surface area contributed by atoms with Crippen LogP contribution in [0.1, 0.15) is 16.1 Å². The van der Waals surface area contributed by atoms with Crippen LogP contribution >= 0.6 is 0 Å². The van der Waals surface area contributed by atoms with Crippen molar-refractivity contribution in [2.24, 2.45) is 7.05 Å². The lowest BCUT2D eigenvalue weighted by Crippen LogP contribution is -2.27. The third kappa shape index (κ3) is 2.90. The Kier molecular flexibility index (Phi) is 4.14. The van der Waals surface area contributed by atoms with Gasteiger partial charge in [0.05, 0.1) is 46.6 Å². The first-order chi connectivity index (χ1) is 13.3. The second-order valence-corrected chi connectivity index (χ2v) is 6.51. The van der Waals surface area contributed by atoms with Gasteiger partial charge in [-0.3, -0.25) is 14.5 Å². The van der Waals surface area contributed by atoms with E-state index in [1.54, 1.807) is 17.9 Å². The fourth-order valence-corrected chi connectivity index (χ4v) is 3.16. The summed E-state index contributed by atoms with van der Waals surface area (Å²) < 4.78 is 29.3. The zero-order chi connectivity index (χ0) is 20.0. The summed E-state index contributed by atoms with van der Waals surface area (Å²) in [5, 5.41) is 5.37. The maximum Gasteiger partial charge on any atom is 0.256 e. The lowest BCUT2D eigenvalue weighted by Gasteiger charge is -2.17. The number of benzene rings is 1. The van der Waals surface area contributed by atoms with Crippen molar-refractivity contribution in [1.82, 2.24) is 24.6 Å². The Labute approximate surface area is 158 Å². The molecule has 0 aliphatic rings. The molecule has 4 rings (SSSR count). The molecule has 0 spiro atoms. The zero-order valence-corrected chi connectivity index (χ0v) is 15.1. The normalized spacial score (nSPS) is 11.3. The molecule has 0 aliphatic heterocycles. The Morgan fingerprint density at radius 1 is 1.21 bits per heavy atom. The number of nitrogens with two attached hydrogens (primary N) is 1. The predicted octanol–water partition coefficient (Wildman–Crippen LogP) is 2.65. The standard InChI is InChI=1S/C19H16F2N6O/c1-26(9-11-4-3-10(20)7-23-11)19(28)12-5-13-16(6-15(12)21)25-18(22)14-8-24-27(2)17(13)14/h3-8H,9H2,1-2H3,(H2,22,25). The molecule has 28 heavy (non-hydrogen) atoms. The van der Waals surface area contributed by atoms with Crippen LogP contribution in [-0.4, -0.2) is 37.6 Å². The molecule has 4 aromatic rings. The monoisotopic (exact) mass is 382 g/mol. The zero-order valence-electron chi connectivity index (χ0n) is 15.1. The molecule has 0 bridgehead atoms. The molecule has 0 radical (unpaired) electrons. The lowest BCUT2D eigenvalue weighted by molar-refractivity contribution is 0.0779. The molecule has 142 valence electrons. The van der Waals surface area contributed by atoms with Crippen LogP contribution in [0.25, 0.3) is 21.8 Å². The first-order valence-corrected chi connectivity index (χ1v) is 8.41. The van der Waals surface area contributed by atoms with Crippen LogP contribution in [0, 0.1) is 11.6 Å². The minimum absolute atomic E-state index is 0.105. The van der Waals surface area contributed by atoms with Gasteiger partial charge in [-0.1, -0.05) is 0 Å². The van der Waals surface area contributed by atoms with Crippen molar-refractivity contribution in [1.29, 1.82) is 0 Å². The number of anilines is 1. The van der Waals surface area contributed by atoms with Gasteiger partial charge in [-0.2, -0.15) is 5.10 Å². The number of nitrogen functional groups attached to an aromatic ring is 1. The number of carbonyl (C=O) groups excluding carboxylic acids is 1. The van der Waals surface area contributed by atoms with Gasteiger partial charge in [0.1, 0.15) is 17.5 Å². The number of hydrogen-bond donors (Lipinski definition) is 1. The molecule has 0 unspecified atom stereocenters. The Hall–Kier alpha value is -3.62. The highest BCUT2D eigenvalue weighted by molar-refractivity contribution is 6.10. The Bertz CT molecular complexity index is 1220. The van der Waals surface area contributed by atoms with Gasteiger partial charge in [-0.05, 0) is 18.2 Å². The number of aromatic nitrogens is 4. The third-order valence-electron chi connectivity index (χ3n) is 4.56. The van der Waals surface area contributed by atoms with Crippen molar-refractivity contribution >= 4 is 33.5 Å². The first kappa shape index (κ1) is 17.8. The van der Waals surface area contributed by atoms with Gasteiger partial charge in [0.25, 0.3) is 5.91 Å². The van der Waals surface area contributed by atoms with Crippen LogP contribution < -0.4 is 5.73 Å². The van der Waals surface area contributed by atoms with Gasteiger partial charge in [0.15, 0.2) is 0 Å². The molecule has 3 heterocycles. The molecule has 9 heteroatoms. The van der Waals surface area contributed by atoms with E-state index in [1.165, 1.54) is 36.2 Å². The Morgan fingerprint density at radius 2 is 2.00 bits per heavy atom. The largest absolute Gasteiger partial charge is 0.383 e. The smallest absolute Gasteiger partial charge is 0.256 e. The fourth-order valence-electron chi connectivity index (χ4n) is 3.16. The van der Waals surface area contributed by atoms with Gasteiger partial charge >= 0.3 is 0 Å². The molecule has 0 saturated heterocycles. The maximum absolute atomic E-state index is 14.7. The quantitative estimate of drug-likeness (QED) is 0.588. The molecule has 0 atom stereocenters. The summed E-state index contributed by atoms with van der Waals surface area (Å²) in [7, 11) is 3.26. The van der Waals surface area contributed by atoms with Crippen molar-refractivity contribution < 1.29 is 13.6 Å². The van der Waals surface area contributed by atoms with E-state index in [0.29, 0.717) is 27.5 Å². The van der Waals surface area contributed by atoms with Crippen LogP contribution in [0.3, 0.4) is 0 Å². The number of rotatable bonds is 3. The predicted molar refractivity (Wildman–Crippen MR) is 100 cm³/mol. The second kappa shape index (κ2) is 6.52. The third-order valence-corrected chi connectivity index (χ3v) is 4.56. The number of amides is 1. The summed E-state index contributed by atoms with van der Waals surface area (Å²) in [6, 6.07) is 5.38. The van der Waals surface area contributed by atoms with E-state index in [9.17, 15) is 13.6 Å². The van der Waals surface area contributed by atoms with Crippen LogP contribution in [0.5, 0.6) is 0 Å². The van der Waals surface area contributed by atoms with Gasteiger partial charge in [0, 0.05) is 25.5 Å². The van der Waals surface area contributed by atoms with E-state index < -0.39 is 17.5 Å². The molecule has 3 aromatic heterocycles. The number of carbonyl (C=O) groups is 1. The molecule has 1 aromatic carbocycles. The van der Waals surface area contributed by atoms with Crippen molar-refractivity contribution in [3.05, 3.63) is 59.6 Å². The lowest BCUT2D eigenvalue weighted by atomic mass is 10.1. The molecule has 0 saturated carbocycles. The number of pyridine rings is 2. The topological polar surface area (TPSA) is 89.9 Å². The number of halogens is 2. The minimum atomic E-state index is -0.704. The van der Waals surface area contributed by atoms with E-state index in [4.69, 9.17) is 5.73 Å². The average molecular weight is 382 g/mol. The van der Waals surface area contributed by atoms with Crippen LogP contribution in [0.2, 0.25) is 0 Å². The minimum Gasteiger partial charge on any atom is -0.383 e. The number of hydrogen-bond acceptors (Lipinski definition) is 5. The highest BCUT2D eigenvalue weighted by Gasteiger charge is 2.20. The van der Waals surface area contributed by atoms with E-state index in [-0.39, 0.29) is 17.9 Å². The van der Waals surface area contributed by atoms with Gasteiger partial charge in [-0.25, -0.2) is 13.8 Å². The second-order valence-electron chi connectivity index (χ2n) is 6.51. The Balaban J connectivity index is 1.77. The molecular weight excluding hydrogens is 366 g/mol. The van der Waals surface area contributed by atoms with Crippen LogP contribution in [0.15, 0.2) is 36.7 Å². The van der Waals surface area contributed by atoms with E-state index in [0.717, 1.165) is 6.20 Å². The first-order valence-electron chi connectivity index (χ1n) is 8.41. The van der Waals surface area contributed by atoms with E-state index in [1.807, 2.05) is 0 Å². The molecule has 2 N–H and O–H groups in total.